The Hall–Kier alpha value is -2.50. The number of carbonyl (C=O) groups excluding carboxylic acids is 1. The van der Waals surface area contributed by atoms with E-state index in [2.05, 4.69) is 26.2 Å². The summed E-state index contributed by atoms with van der Waals surface area (Å²) in [5.41, 5.74) is 2.66. The van der Waals surface area contributed by atoms with Gasteiger partial charge < -0.3 is 14.5 Å². The second-order valence-corrected chi connectivity index (χ2v) is 6.59. The number of benzene rings is 2. The first-order valence-corrected chi connectivity index (χ1v) is 8.94. The Kier molecular flexibility index (Phi) is 5.26. The van der Waals surface area contributed by atoms with Gasteiger partial charge in [0.05, 0.1) is 17.3 Å². The van der Waals surface area contributed by atoms with Crippen LogP contribution >= 0.6 is 27.7 Å². The molecular formula is C17H12BrN3O3S. The van der Waals surface area contributed by atoms with Crippen LogP contribution in [0.25, 0.3) is 22.6 Å². The Balaban J connectivity index is 1.86. The van der Waals surface area contributed by atoms with E-state index in [-0.39, 0.29) is 11.7 Å². The van der Waals surface area contributed by atoms with Crippen molar-refractivity contribution in [2.45, 2.75) is 0 Å². The number of thioether (sulfide) groups is 1. The van der Waals surface area contributed by atoms with E-state index in [0.29, 0.717) is 22.7 Å². The van der Waals surface area contributed by atoms with Gasteiger partial charge in [-0.25, -0.2) is 4.98 Å². The number of ether oxygens (including phenoxy) is 1. The molecule has 1 heterocycles. The summed E-state index contributed by atoms with van der Waals surface area (Å²) in [4.78, 5) is 16.2. The van der Waals surface area contributed by atoms with Crippen molar-refractivity contribution in [2.75, 3.05) is 18.2 Å². The molecule has 0 aliphatic rings. The highest BCUT2D eigenvalue weighted by Crippen LogP contribution is 2.32. The van der Waals surface area contributed by atoms with Gasteiger partial charge in [-0.1, -0.05) is 0 Å². The molecule has 3 rings (SSSR count). The first-order valence-electron chi connectivity index (χ1n) is 7.16. The van der Waals surface area contributed by atoms with Crippen molar-refractivity contribution in [1.82, 2.24) is 4.98 Å². The molecule has 0 bridgehead atoms. The molecule has 3 aromatic rings. The number of halogens is 1. The quantitative estimate of drug-likeness (QED) is 0.618. The number of nitriles is 1. The highest BCUT2D eigenvalue weighted by Gasteiger charge is 2.12. The van der Waals surface area contributed by atoms with Crippen LogP contribution in [-0.2, 0) is 4.79 Å². The summed E-state index contributed by atoms with van der Waals surface area (Å²) in [5, 5.41) is 13.1. The lowest BCUT2D eigenvalue weighted by Gasteiger charge is -2.03. The zero-order chi connectivity index (χ0) is 17.8. The second kappa shape index (κ2) is 7.59. The van der Waals surface area contributed by atoms with Crippen LogP contribution in [0.3, 0.4) is 0 Å². The van der Waals surface area contributed by atoms with Crippen molar-refractivity contribution in [3.63, 3.8) is 0 Å². The van der Waals surface area contributed by atoms with Crippen molar-refractivity contribution in [3.8, 4) is 22.6 Å². The number of carbonyl (C=O) groups is 1. The van der Waals surface area contributed by atoms with Crippen LogP contribution in [0.2, 0.25) is 0 Å². The van der Waals surface area contributed by atoms with Gasteiger partial charge in [-0.2, -0.15) is 5.26 Å². The molecular weight excluding hydrogens is 406 g/mol. The molecule has 1 N–H and O–H groups in total. The van der Waals surface area contributed by atoms with Gasteiger partial charge in [-0.15, -0.1) is 0 Å². The molecule has 0 fully saturated rings. The average Bonchev–Trinajstić information content (AvgIpc) is 3.03. The summed E-state index contributed by atoms with van der Waals surface area (Å²) in [6, 6.07) is 10.8. The fourth-order valence-corrected chi connectivity index (χ4v) is 3.03. The highest BCUT2D eigenvalue weighted by molar-refractivity contribution is 9.10. The lowest BCUT2D eigenvalue weighted by molar-refractivity contribution is -0.113. The number of aromatic nitrogens is 1. The first-order chi connectivity index (χ1) is 12.1. The zero-order valence-corrected chi connectivity index (χ0v) is 15.5. The maximum absolute atomic E-state index is 11.7. The van der Waals surface area contributed by atoms with Crippen LogP contribution in [-0.4, -0.2) is 23.8 Å². The van der Waals surface area contributed by atoms with Crippen LogP contribution in [0.15, 0.2) is 45.3 Å². The number of hydrogen-bond donors (Lipinski definition) is 1. The van der Waals surface area contributed by atoms with Crippen molar-refractivity contribution in [2.24, 2.45) is 0 Å². The smallest absolute Gasteiger partial charge is 0.235 e. The first kappa shape index (κ1) is 17.3. The Labute approximate surface area is 156 Å². The van der Waals surface area contributed by atoms with Gasteiger partial charge in [0.1, 0.15) is 16.7 Å². The number of nitrogens with zero attached hydrogens (tertiary/aromatic N) is 2. The topological polar surface area (TPSA) is 88.1 Å². The SMILES string of the molecule is COc1ccc(-c2nc3cc(NC(=O)CSC#N)ccc3o2)cc1Br. The average molecular weight is 418 g/mol. The molecule has 126 valence electrons. The molecule has 0 aliphatic heterocycles. The predicted molar refractivity (Wildman–Crippen MR) is 100 cm³/mol. The minimum absolute atomic E-state index is 0.0818. The Morgan fingerprint density at radius 2 is 2.24 bits per heavy atom. The predicted octanol–water partition coefficient (Wildman–Crippen LogP) is 4.42. The van der Waals surface area contributed by atoms with Crippen molar-refractivity contribution >= 4 is 50.4 Å². The van der Waals surface area contributed by atoms with E-state index < -0.39 is 0 Å². The standard InChI is InChI=1S/C17H12BrN3O3S/c1-23-14-4-2-10(6-12(14)18)17-21-13-7-11(3-5-15(13)24-17)20-16(22)8-25-9-19/h2-7H,8H2,1H3,(H,20,22). The fourth-order valence-electron chi connectivity index (χ4n) is 2.22. The van der Waals surface area contributed by atoms with Gasteiger partial charge in [-0.05, 0) is 64.1 Å². The third-order valence-corrected chi connectivity index (χ3v) is 4.49. The van der Waals surface area contributed by atoms with E-state index in [4.69, 9.17) is 14.4 Å². The molecule has 6 nitrogen and oxygen atoms in total. The van der Waals surface area contributed by atoms with E-state index in [0.717, 1.165) is 27.5 Å². The minimum atomic E-state index is -0.242. The third kappa shape index (κ3) is 3.95. The Bertz CT molecular complexity index is 981. The normalized spacial score (nSPS) is 10.4. The van der Waals surface area contributed by atoms with Gasteiger partial charge in [-0.3, -0.25) is 4.79 Å². The molecule has 0 spiro atoms. The Morgan fingerprint density at radius 3 is 2.96 bits per heavy atom. The van der Waals surface area contributed by atoms with Gasteiger partial charge >= 0.3 is 0 Å². The number of rotatable bonds is 5. The summed E-state index contributed by atoms with van der Waals surface area (Å²) >= 11 is 4.33. The van der Waals surface area contributed by atoms with Gasteiger partial charge in [0.25, 0.3) is 0 Å². The Morgan fingerprint density at radius 1 is 1.40 bits per heavy atom. The number of thiocyanates is 1. The monoisotopic (exact) mass is 417 g/mol. The molecule has 25 heavy (non-hydrogen) atoms. The summed E-state index contributed by atoms with van der Waals surface area (Å²) in [7, 11) is 1.60. The number of anilines is 1. The maximum atomic E-state index is 11.7. The summed E-state index contributed by atoms with van der Waals surface area (Å²) in [5.74, 6) is 1.04. The fraction of sp³-hybridized carbons (Fsp3) is 0.118. The molecule has 0 atom stereocenters. The van der Waals surface area contributed by atoms with Crippen molar-refractivity contribution in [1.29, 1.82) is 5.26 Å². The largest absolute Gasteiger partial charge is 0.496 e. The van der Waals surface area contributed by atoms with E-state index in [9.17, 15) is 4.79 Å². The number of amides is 1. The number of hydrogen-bond acceptors (Lipinski definition) is 6. The van der Waals surface area contributed by atoms with Crippen LogP contribution in [0.5, 0.6) is 5.75 Å². The summed E-state index contributed by atoms with van der Waals surface area (Å²) in [6.07, 6.45) is 0. The maximum Gasteiger partial charge on any atom is 0.235 e. The van der Waals surface area contributed by atoms with Crippen LogP contribution in [0.1, 0.15) is 0 Å². The van der Waals surface area contributed by atoms with E-state index in [1.54, 1.807) is 25.3 Å². The van der Waals surface area contributed by atoms with Gasteiger partial charge in [0, 0.05) is 11.3 Å². The lowest BCUT2D eigenvalue weighted by atomic mass is 10.2. The number of oxazole rings is 1. The van der Waals surface area contributed by atoms with E-state index in [1.165, 1.54) is 0 Å². The van der Waals surface area contributed by atoms with Gasteiger partial charge in [0.15, 0.2) is 5.58 Å². The van der Waals surface area contributed by atoms with Gasteiger partial charge in [0.2, 0.25) is 11.8 Å². The molecule has 0 aliphatic carbocycles. The van der Waals surface area contributed by atoms with Crippen LogP contribution in [0.4, 0.5) is 5.69 Å². The zero-order valence-electron chi connectivity index (χ0n) is 13.1. The highest BCUT2D eigenvalue weighted by atomic mass is 79.9. The van der Waals surface area contributed by atoms with Crippen molar-refractivity contribution < 1.29 is 13.9 Å². The number of fused-ring (bicyclic) bond motifs is 1. The lowest BCUT2D eigenvalue weighted by Crippen LogP contribution is -2.13. The molecule has 2 aromatic carbocycles. The molecule has 0 radical (unpaired) electrons. The number of methoxy groups -OCH3 is 1. The molecule has 8 heteroatoms. The van der Waals surface area contributed by atoms with Crippen LogP contribution in [0, 0.1) is 10.7 Å². The summed E-state index contributed by atoms with van der Waals surface area (Å²) in [6.45, 7) is 0. The number of nitrogens with one attached hydrogen (secondary N) is 1. The molecule has 0 saturated carbocycles. The molecule has 0 unspecified atom stereocenters. The molecule has 0 saturated heterocycles. The molecule has 1 aromatic heterocycles. The van der Waals surface area contributed by atoms with E-state index >= 15 is 0 Å². The molecule has 1 amide bonds. The summed E-state index contributed by atoms with van der Waals surface area (Å²) < 4.78 is 11.8. The second-order valence-electron chi connectivity index (χ2n) is 4.98. The van der Waals surface area contributed by atoms with E-state index in [1.807, 2.05) is 23.6 Å². The minimum Gasteiger partial charge on any atom is -0.496 e. The van der Waals surface area contributed by atoms with Crippen molar-refractivity contribution in [3.05, 3.63) is 40.9 Å². The third-order valence-electron chi connectivity index (χ3n) is 3.34. The van der Waals surface area contributed by atoms with Crippen LogP contribution < -0.4 is 10.1 Å².